The Balaban J connectivity index is 1.77. The quantitative estimate of drug-likeness (QED) is 0.883. The first-order chi connectivity index (χ1) is 9.65. The van der Waals surface area contributed by atoms with Gasteiger partial charge in [0.2, 0.25) is 5.91 Å². The molecule has 0 radical (unpaired) electrons. The van der Waals surface area contributed by atoms with Crippen LogP contribution < -0.4 is 11.1 Å². The third-order valence-corrected chi connectivity index (χ3v) is 3.96. The summed E-state index contributed by atoms with van der Waals surface area (Å²) in [5, 5.41) is 2.93. The van der Waals surface area contributed by atoms with Gasteiger partial charge < -0.3 is 15.5 Å². The van der Waals surface area contributed by atoms with Crippen molar-refractivity contribution in [3.8, 4) is 0 Å². The van der Waals surface area contributed by atoms with E-state index in [9.17, 15) is 9.59 Å². The Hall–Kier alpha value is -2.30. The van der Waals surface area contributed by atoms with Gasteiger partial charge >= 0.3 is 0 Å². The molecule has 20 heavy (non-hydrogen) atoms. The molecule has 2 heterocycles. The van der Waals surface area contributed by atoms with Gasteiger partial charge in [-0.15, -0.1) is 0 Å². The minimum absolute atomic E-state index is 0.136. The second-order valence-electron chi connectivity index (χ2n) is 5.28. The number of nitrogens with two attached hydrogens (primary N) is 1. The molecule has 2 amide bonds. The van der Waals surface area contributed by atoms with Crippen LogP contribution in [-0.2, 0) is 4.79 Å². The van der Waals surface area contributed by atoms with Crippen molar-refractivity contribution in [3.05, 3.63) is 42.2 Å². The lowest BCUT2D eigenvalue weighted by molar-refractivity contribution is -0.122. The molecule has 0 aliphatic heterocycles. The second kappa shape index (κ2) is 5.00. The number of carbonyl (C=O) groups is 2. The van der Waals surface area contributed by atoms with E-state index in [0.29, 0.717) is 5.56 Å². The number of aromatic nitrogens is 1. The van der Waals surface area contributed by atoms with Crippen LogP contribution in [0.5, 0.6) is 0 Å². The molecular formula is C15H17N3O2. The van der Waals surface area contributed by atoms with Gasteiger partial charge in [0.05, 0.1) is 11.5 Å². The third-order valence-electron chi connectivity index (χ3n) is 3.96. The fraction of sp³-hybridized carbons (Fsp3) is 0.333. The number of pyridine rings is 1. The van der Waals surface area contributed by atoms with Crippen molar-refractivity contribution in [1.82, 2.24) is 9.72 Å². The number of amides is 2. The molecule has 2 aromatic heterocycles. The van der Waals surface area contributed by atoms with Crippen molar-refractivity contribution in [3.63, 3.8) is 0 Å². The predicted octanol–water partition coefficient (Wildman–Crippen LogP) is 1.32. The van der Waals surface area contributed by atoms with Gasteiger partial charge in [-0.3, -0.25) is 9.59 Å². The zero-order valence-corrected chi connectivity index (χ0v) is 11.1. The molecule has 5 heteroatoms. The van der Waals surface area contributed by atoms with Crippen LogP contribution in [0.3, 0.4) is 0 Å². The summed E-state index contributed by atoms with van der Waals surface area (Å²) in [7, 11) is 0. The molecule has 1 aliphatic carbocycles. The van der Waals surface area contributed by atoms with Crippen LogP contribution in [0.1, 0.15) is 29.6 Å². The number of fused-ring (bicyclic) bond motifs is 1. The average molecular weight is 271 g/mol. The Kier molecular flexibility index (Phi) is 3.18. The molecule has 0 unspecified atom stereocenters. The zero-order valence-electron chi connectivity index (χ0n) is 11.1. The van der Waals surface area contributed by atoms with Crippen LogP contribution in [-0.4, -0.2) is 22.3 Å². The highest BCUT2D eigenvalue weighted by Crippen LogP contribution is 2.25. The van der Waals surface area contributed by atoms with E-state index in [-0.39, 0.29) is 23.8 Å². The SMILES string of the molecule is NC(=O)[C@H]1CCC[C@H]1NC(=O)c1cc2ccccn2c1. The summed E-state index contributed by atoms with van der Waals surface area (Å²) >= 11 is 0. The van der Waals surface area contributed by atoms with Crippen LogP contribution in [0.2, 0.25) is 0 Å². The van der Waals surface area contributed by atoms with Crippen molar-refractivity contribution >= 4 is 17.3 Å². The summed E-state index contributed by atoms with van der Waals surface area (Å²) in [6.07, 6.45) is 6.19. The highest BCUT2D eigenvalue weighted by atomic mass is 16.2. The van der Waals surface area contributed by atoms with Crippen LogP contribution in [0.15, 0.2) is 36.7 Å². The van der Waals surface area contributed by atoms with Crippen molar-refractivity contribution < 1.29 is 9.59 Å². The lowest BCUT2D eigenvalue weighted by Gasteiger charge is -2.17. The van der Waals surface area contributed by atoms with Gasteiger partial charge in [-0.05, 0) is 31.0 Å². The first-order valence-electron chi connectivity index (χ1n) is 6.82. The molecule has 0 aromatic carbocycles. The van der Waals surface area contributed by atoms with Gasteiger partial charge in [0, 0.05) is 24.0 Å². The Bertz CT molecular complexity index is 629. The van der Waals surface area contributed by atoms with Gasteiger partial charge in [-0.1, -0.05) is 12.5 Å². The summed E-state index contributed by atoms with van der Waals surface area (Å²) in [5.41, 5.74) is 6.94. The molecule has 2 aromatic rings. The highest BCUT2D eigenvalue weighted by molar-refractivity contribution is 5.96. The number of nitrogens with zero attached hydrogens (tertiary/aromatic N) is 1. The monoisotopic (exact) mass is 271 g/mol. The van der Waals surface area contributed by atoms with Crippen molar-refractivity contribution in [2.45, 2.75) is 25.3 Å². The van der Waals surface area contributed by atoms with E-state index in [4.69, 9.17) is 5.73 Å². The Morgan fingerprint density at radius 1 is 1.30 bits per heavy atom. The molecule has 3 rings (SSSR count). The van der Waals surface area contributed by atoms with Crippen molar-refractivity contribution in [2.24, 2.45) is 11.7 Å². The average Bonchev–Trinajstić information content (AvgIpc) is 3.03. The summed E-state index contributed by atoms with van der Waals surface area (Å²) in [5.74, 6) is -0.710. The minimum Gasteiger partial charge on any atom is -0.369 e. The molecule has 2 atom stereocenters. The van der Waals surface area contributed by atoms with E-state index in [0.717, 1.165) is 24.8 Å². The Morgan fingerprint density at radius 3 is 2.90 bits per heavy atom. The number of carbonyl (C=O) groups excluding carboxylic acids is 2. The normalized spacial score (nSPS) is 22.0. The number of hydrogen-bond donors (Lipinski definition) is 2. The van der Waals surface area contributed by atoms with Crippen LogP contribution in [0.4, 0.5) is 0 Å². The molecule has 104 valence electrons. The van der Waals surface area contributed by atoms with E-state index < -0.39 is 0 Å². The fourth-order valence-electron chi connectivity index (χ4n) is 2.90. The molecule has 0 spiro atoms. The van der Waals surface area contributed by atoms with E-state index in [1.165, 1.54) is 0 Å². The van der Waals surface area contributed by atoms with Crippen LogP contribution in [0.25, 0.3) is 5.52 Å². The maximum Gasteiger partial charge on any atom is 0.253 e. The molecule has 0 saturated heterocycles. The fourth-order valence-corrected chi connectivity index (χ4v) is 2.90. The van der Waals surface area contributed by atoms with Gasteiger partial charge in [0.1, 0.15) is 0 Å². The molecule has 1 aliphatic rings. The number of nitrogens with one attached hydrogen (secondary N) is 1. The summed E-state index contributed by atoms with van der Waals surface area (Å²) in [6.45, 7) is 0. The van der Waals surface area contributed by atoms with Gasteiger partial charge in [-0.2, -0.15) is 0 Å². The Labute approximate surface area is 116 Å². The molecular weight excluding hydrogens is 254 g/mol. The Morgan fingerprint density at radius 2 is 2.15 bits per heavy atom. The topological polar surface area (TPSA) is 76.6 Å². The van der Waals surface area contributed by atoms with E-state index in [2.05, 4.69) is 5.32 Å². The van der Waals surface area contributed by atoms with Crippen LogP contribution >= 0.6 is 0 Å². The predicted molar refractivity (Wildman–Crippen MR) is 75.2 cm³/mol. The maximum atomic E-state index is 12.3. The highest BCUT2D eigenvalue weighted by Gasteiger charge is 2.32. The molecule has 3 N–H and O–H groups in total. The molecule has 1 fully saturated rings. The first-order valence-corrected chi connectivity index (χ1v) is 6.82. The molecule has 0 bridgehead atoms. The van der Waals surface area contributed by atoms with Crippen LogP contribution in [0, 0.1) is 5.92 Å². The first kappa shape index (κ1) is 12.7. The van der Waals surface area contributed by atoms with Crippen molar-refractivity contribution in [2.75, 3.05) is 0 Å². The largest absolute Gasteiger partial charge is 0.369 e. The lowest BCUT2D eigenvalue weighted by atomic mass is 10.0. The van der Waals surface area contributed by atoms with Crippen molar-refractivity contribution in [1.29, 1.82) is 0 Å². The third kappa shape index (κ3) is 2.27. The second-order valence-corrected chi connectivity index (χ2v) is 5.28. The van der Waals surface area contributed by atoms with Gasteiger partial charge in [0.15, 0.2) is 0 Å². The molecule has 5 nitrogen and oxygen atoms in total. The number of rotatable bonds is 3. The zero-order chi connectivity index (χ0) is 14.1. The summed E-state index contributed by atoms with van der Waals surface area (Å²) in [6, 6.07) is 7.48. The van der Waals surface area contributed by atoms with E-state index in [1.807, 2.05) is 34.9 Å². The maximum absolute atomic E-state index is 12.3. The minimum atomic E-state index is -0.324. The van der Waals surface area contributed by atoms with E-state index in [1.54, 1.807) is 6.20 Å². The number of hydrogen-bond acceptors (Lipinski definition) is 2. The number of primary amides is 1. The van der Waals surface area contributed by atoms with E-state index >= 15 is 0 Å². The standard InChI is InChI=1S/C15H17N3O2/c16-14(19)12-5-3-6-13(12)17-15(20)10-8-11-4-1-2-7-18(11)9-10/h1-2,4,7-9,12-13H,3,5-6H2,(H2,16,19)(H,17,20)/t12-,13+/m0/s1. The summed E-state index contributed by atoms with van der Waals surface area (Å²) < 4.78 is 1.90. The van der Waals surface area contributed by atoms with Gasteiger partial charge in [-0.25, -0.2) is 0 Å². The smallest absolute Gasteiger partial charge is 0.253 e. The summed E-state index contributed by atoms with van der Waals surface area (Å²) in [4.78, 5) is 23.6. The lowest BCUT2D eigenvalue weighted by Crippen LogP contribution is -2.42. The molecule has 1 saturated carbocycles. The van der Waals surface area contributed by atoms with Gasteiger partial charge in [0.25, 0.3) is 5.91 Å².